The number of alkyl halides is 3. The zero-order valence-corrected chi connectivity index (χ0v) is 16.4. The Bertz CT molecular complexity index is 641. The number of nitrogens with one attached hydrogen (secondary N) is 1. The predicted molar refractivity (Wildman–Crippen MR) is 100 cm³/mol. The van der Waals surface area contributed by atoms with Crippen LogP contribution in [-0.2, 0) is 4.74 Å². The molecular formula is C21H29F4NO2. The molecule has 0 aliphatic rings. The van der Waals surface area contributed by atoms with E-state index in [1.165, 1.54) is 51.4 Å². The lowest BCUT2D eigenvalue weighted by Crippen LogP contribution is -2.21. The van der Waals surface area contributed by atoms with E-state index >= 15 is 0 Å². The van der Waals surface area contributed by atoms with Gasteiger partial charge in [0.1, 0.15) is 0 Å². The summed E-state index contributed by atoms with van der Waals surface area (Å²) in [6.07, 6.45) is 8.19. The third-order valence-electron chi connectivity index (χ3n) is 4.22. The van der Waals surface area contributed by atoms with Crippen molar-refractivity contribution in [2.75, 3.05) is 6.61 Å². The lowest BCUT2D eigenvalue weighted by atomic mass is 10.1. The van der Waals surface area contributed by atoms with Crippen LogP contribution in [0.1, 0.15) is 93.7 Å². The van der Waals surface area contributed by atoms with Gasteiger partial charge in [-0.25, -0.2) is 9.18 Å². The predicted octanol–water partition coefficient (Wildman–Crippen LogP) is 6.54. The highest BCUT2D eigenvalue weighted by atomic mass is 19.4. The Morgan fingerprint density at radius 2 is 1.61 bits per heavy atom. The third kappa shape index (κ3) is 11.0. The summed E-state index contributed by atoms with van der Waals surface area (Å²) in [4.78, 5) is 13.8. The van der Waals surface area contributed by atoms with Crippen LogP contribution in [0.3, 0.4) is 0 Å². The number of aromatic nitrogens is 1. The fourth-order valence-electron chi connectivity index (χ4n) is 2.72. The Labute approximate surface area is 164 Å². The highest BCUT2D eigenvalue weighted by Gasteiger charge is 2.30. The largest absolute Gasteiger partial charge is 0.451 e. The molecule has 1 aromatic heterocycles. The number of halogens is 4. The van der Waals surface area contributed by atoms with Crippen LogP contribution in [0.15, 0.2) is 6.07 Å². The van der Waals surface area contributed by atoms with Crippen molar-refractivity contribution in [3.05, 3.63) is 23.3 Å². The van der Waals surface area contributed by atoms with Crippen molar-refractivity contribution in [1.29, 1.82) is 0 Å². The highest BCUT2D eigenvalue weighted by molar-refractivity contribution is 5.88. The van der Waals surface area contributed by atoms with Crippen LogP contribution >= 0.6 is 0 Å². The second-order valence-corrected chi connectivity index (χ2v) is 6.83. The molecule has 0 aromatic carbocycles. The maximum absolute atomic E-state index is 13.6. The average Bonchev–Trinajstić information content (AvgIpc) is 3.00. The number of carbonyl (C=O) groups is 1. The second-order valence-electron chi connectivity index (χ2n) is 6.83. The van der Waals surface area contributed by atoms with Gasteiger partial charge in [-0.3, -0.25) is 0 Å². The molecule has 1 N–H and O–H groups in total. The number of carbonyl (C=O) groups excluding carboxylic acids is 1. The summed E-state index contributed by atoms with van der Waals surface area (Å²) in [6.45, 7) is 0.449. The molecule has 0 aliphatic carbocycles. The smallest absolute Gasteiger partial charge is 0.422 e. The standard InChI is InChI=1S/C21H29F4NO2/c1-2-3-4-5-6-7-8-9-10-11-12-13-14-17-15-18(22)19(26-17)20(27)28-16-21(23,24)25/h15,26H,2-12,16H2,1H3. The molecule has 0 aliphatic heterocycles. The number of esters is 1. The van der Waals surface area contributed by atoms with Crippen molar-refractivity contribution in [1.82, 2.24) is 4.98 Å². The number of rotatable bonds is 12. The molecule has 0 bridgehead atoms. The molecule has 158 valence electrons. The minimum atomic E-state index is -4.66. The van der Waals surface area contributed by atoms with Gasteiger partial charge < -0.3 is 9.72 Å². The van der Waals surface area contributed by atoms with E-state index in [4.69, 9.17) is 0 Å². The minimum absolute atomic E-state index is 0.142. The molecule has 0 saturated carbocycles. The van der Waals surface area contributed by atoms with Gasteiger partial charge in [-0.1, -0.05) is 70.6 Å². The van der Waals surface area contributed by atoms with Crippen LogP contribution < -0.4 is 0 Å². The number of hydrogen-bond acceptors (Lipinski definition) is 2. The number of aromatic amines is 1. The zero-order chi connectivity index (χ0) is 20.8. The molecule has 28 heavy (non-hydrogen) atoms. The van der Waals surface area contributed by atoms with Gasteiger partial charge in [-0.2, -0.15) is 13.2 Å². The second kappa shape index (κ2) is 13.2. The molecule has 0 saturated heterocycles. The van der Waals surface area contributed by atoms with Crippen LogP contribution in [0.5, 0.6) is 0 Å². The van der Waals surface area contributed by atoms with E-state index in [0.29, 0.717) is 6.42 Å². The van der Waals surface area contributed by atoms with E-state index in [1.54, 1.807) is 0 Å². The fraction of sp³-hybridized carbons (Fsp3) is 0.667. The van der Waals surface area contributed by atoms with Crippen molar-refractivity contribution in [2.45, 2.75) is 83.7 Å². The molecule has 3 nitrogen and oxygen atoms in total. The van der Waals surface area contributed by atoms with Crippen molar-refractivity contribution in [2.24, 2.45) is 0 Å². The van der Waals surface area contributed by atoms with Gasteiger partial charge >= 0.3 is 12.1 Å². The first-order valence-electron chi connectivity index (χ1n) is 9.94. The Hall–Kier alpha value is -1.97. The summed E-state index contributed by atoms with van der Waals surface area (Å²) in [5.41, 5.74) is -0.504. The van der Waals surface area contributed by atoms with Crippen molar-refractivity contribution in [3.63, 3.8) is 0 Å². The number of hydrogen-bond donors (Lipinski definition) is 1. The summed E-state index contributed by atoms with van der Waals surface area (Å²) in [5.74, 6) is 3.20. The van der Waals surface area contributed by atoms with E-state index in [0.717, 1.165) is 18.9 Å². The monoisotopic (exact) mass is 403 g/mol. The first-order valence-corrected chi connectivity index (χ1v) is 9.94. The molecule has 0 spiro atoms. The number of unbranched alkanes of at least 4 members (excludes halogenated alkanes) is 10. The van der Waals surface area contributed by atoms with Crippen molar-refractivity contribution in [3.8, 4) is 11.8 Å². The SMILES string of the molecule is CCCCCCCCCCCCC#Cc1cc(F)c(C(=O)OCC(F)(F)F)[nH]1. The topological polar surface area (TPSA) is 42.1 Å². The van der Waals surface area contributed by atoms with Crippen LogP contribution in [0.25, 0.3) is 0 Å². The molecule has 0 unspecified atom stereocenters. The molecule has 1 aromatic rings. The Kier molecular flexibility index (Phi) is 11.4. The Balaban J connectivity index is 2.22. The third-order valence-corrected chi connectivity index (χ3v) is 4.22. The van der Waals surface area contributed by atoms with E-state index < -0.39 is 30.3 Å². The summed E-state index contributed by atoms with van der Waals surface area (Å²) in [5, 5.41) is 0. The Morgan fingerprint density at radius 1 is 1.04 bits per heavy atom. The number of H-pyrrole nitrogens is 1. The van der Waals surface area contributed by atoms with Crippen molar-refractivity contribution >= 4 is 5.97 Å². The van der Waals surface area contributed by atoms with Gasteiger partial charge in [-0.05, 0) is 12.3 Å². The van der Waals surface area contributed by atoms with Gasteiger partial charge in [0.2, 0.25) is 0 Å². The molecule has 0 radical (unpaired) electrons. The molecule has 0 fully saturated rings. The molecule has 0 amide bonds. The average molecular weight is 403 g/mol. The number of ether oxygens (including phenoxy) is 1. The Morgan fingerprint density at radius 3 is 2.18 bits per heavy atom. The van der Waals surface area contributed by atoms with Crippen molar-refractivity contribution < 1.29 is 27.1 Å². The maximum Gasteiger partial charge on any atom is 0.422 e. The minimum Gasteiger partial charge on any atom is -0.451 e. The summed E-state index contributed by atoms with van der Waals surface area (Å²) < 4.78 is 53.8. The first-order chi connectivity index (χ1) is 13.3. The van der Waals surface area contributed by atoms with Gasteiger partial charge in [0, 0.05) is 12.5 Å². The summed E-state index contributed by atoms with van der Waals surface area (Å²) >= 11 is 0. The van der Waals surface area contributed by atoms with E-state index in [2.05, 4.69) is 28.5 Å². The molecule has 1 rings (SSSR count). The molecule has 7 heteroatoms. The highest BCUT2D eigenvalue weighted by Crippen LogP contribution is 2.17. The quantitative estimate of drug-likeness (QED) is 0.186. The summed E-state index contributed by atoms with van der Waals surface area (Å²) in [7, 11) is 0. The van der Waals surface area contributed by atoms with Gasteiger partial charge in [0.05, 0.1) is 5.69 Å². The van der Waals surface area contributed by atoms with Gasteiger partial charge in [0.25, 0.3) is 0 Å². The van der Waals surface area contributed by atoms with Crippen LogP contribution in [0, 0.1) is 17.7 Å². The van der Waals surface area contributed by atoms with Crippen LogP contribution in [0.4, 0.5) is 17.6 Å². The zero-order valence-electron chi connectivity index (χ0n) is 16.4. The van der Waals surface area contributed by atoms with E-state index in [9.17, 15) is 22.4 Å². The molecule has 0 atom stereocenters. The van der Waals surface area contributed by atoms with E-state index in [1.807, 2.05) is 0 Å². The van der Waals surface area contributed by atoms with Crippen LogP contribution in [0.2, 0.25) is 0 Å². The first kappa shape index (κ1) is 24.1. The lowest BCUT2D eigenvalue weighted by molar-refractivity contribution is -0.161. The lowest BCUT2D eigenvalue weighted by Gasteiger charge is -2.06. The molecular weight excluding hydrogens is 374 g/mol. The molecule has 1 heterocycles. The van der Waals surface area contributed by atoms with E-state index in [-0.39, 0.29) is 5.69 Å². The maximum atomic E-state index is 13.6. The normalized spacial score (nSPS) is 11.2. The van der Waals surface area contributed by atoms with Gasteiger partial charge in [-0.15, -0.1) is 0 Å². The van der Waals surface area contributed by atoms with Gasteiger partial charge in [0.15, 0.2) is 18.1 Å². The summed E-state index contributed by atoms with van der Waals surface area (Å²) in [6, 6.07) is 0.982. The fourth-order valence-corrected chi connectivity index (χ4v) is 2.72. The van der Waals surface area contributed by atoms with Crippen LogP contribution in [-0.4, -0.2) is 23.7 Å².